The molecule has 3 heterocycles. The van der Waals surface area contributed by atoms with Gasteiger partial charge in [-0.1, -0.05) is 17.7 Å². The Morgan fingerprint density at radius 3 is 2.86 bits per heavy atom. The topological polar surface area (TPSA) is 42.7 Å². The minimum absolute atomic E-state index is 0.106. The highest BCUT2D eigenvalue weighted by atomic mass is 79.9. The molecule has 5 nitrogen and oxygen atoms in total. The van der Waals surface area contributed by atoms with Gasteiger partial charge in [0.1, 0.15) is 17.7 Å². The summed E-state index contributed by atoms with van der Waals surface area (Å²) >= 11 is 9.67. The third kappa shape index (κ3) is 4.13. The van der Waals surface area contributed by atoms with Gasteiger partial charge >= 0.3 is 0 Å². The quantitative estimate of drug-likeness (QED) is 0.504. The molecule has 5 rings (SSSR count). The maximum atomic E-state index is 13.3. The third-order valence-corrected chi connectivity index (χ3v) is 6.57. The summed E-state index contributed by atoms with van der Waals surface area (Å²) in [6.07, 6.45) is 6.67. The van der Waals surface area contributed by atoms with Crippen LogP contribution < -0.4 is 4.74 Å². The first-order chi connectivity index (χ1) is 14.1. The molecule has 29 heavy (non-hydrogen) atoms. The predicted molar refractivity (Wildman–Crippen MR) is 113 cm³/mol. The minimum Gasteiger partial charge on any atom is -0.489 e. The van der Waals surface area contributed by atoms with Crippen molar-refractivity contribution in [2.45, 2.75) is 44.2 Å². The molecule has 0 radical (unpaired) electrons. The number of ether oxygens (including phenoxy) is 1. The lowest BCUT2D eigenvalue weighted by Gasteiger charge is -2.33. The fourth-order valence-corrected chi connectivity index (χ4v) is 4.62. The van der Waals surface area contributed by atoms with Gasteiger partial charge in [-0.3, -0.25) is 9.30 Å². The van der Waals surface area contributed by atoms with Crippen LogP contribution in [0, 0.1) is 5.82 Å². The van der Waals surface area contributed by atoms with Crippen LogP contribution in [0.5, 0.6) is 5.75 Å². The normalized spacial score (nSPS) is 20.3. The molecule has 8 heteroatoms. The number of pyridine rings is 1. The molecule has 0 bridgehead atoms. The smallest absolute Gasteiger partial charge is 0.204 e. The van der Waals surface area contributed by atoms with E-state index in [1.165, 1.54) is 30.5 Å². The van der Waals surface area contributed by atoms with E-state index in [0.717, 1.165) is 42.9 Å². The maximum Gasteiger partial charge on any atom is 0.204 e. The second-order valence-electron chi connectivity index (χ2n) is 7.92. The highest BCUT2D eigenvalue weighted by Crippen LogP contribution is 2.45. The molecule has 2 aliphatic rings. The van der Waals surface area contributed by atoms with Crippen molar-refractivity contribution >= 4 is 33.2 Å². The highest BCUT2D eigenvalue weighted by Gasteiger charge is 2.30. The first-order valence-electron chi connectivity index (χ1n) is 9.94. The number of halogens is 3. The van der Waals surface area contributed by atoms with E-state index in [1.807, 2.05) is 10.5 Å². The minimum atomic E-state index is -0.304. The lowest BCUT2D eigenvalue weighted by atomic mass is 10.1. The van der Waals surface area contributed by atoms with Gasteiger partial charge in [0.2, 0.25) is 4.73 Å². The summed E-state index contributed by atoms with van der Waals surface area (Å²) < 4.78 is 22.5. The lowest BCUT2D eigenvalue weighted by Crippen LogP contribution is -2.40. The van der Waals surface area contributed by atoms with Crippen molar-refractivity contribution in [3.63, 3.8) is 0 Å². The van der Waals surface area contributed by atoms with Crippen LogP contribution in [0.3, 0.4) is 0 Å². The van der Waals surface area contributed by atoms with Crippen LogP contribution in [0.4, 0.5) is 4.39 Å². The van der Waals surface area contributed by atoms with Crippen molar-refractivity contribution in [3.05, 3.63) is 57.2 Å². The number of hydrogen-bond acceptors (Lipinski definition) is 4. The van der Waals surface area contributed by atoms with E-state index in [4.69, 9.17) is 16.3 Å². The Morgan fingerprint density at radius 2 is 2.07 bits per heavy atom. The zero-order chi connectivity index (χ0) is 20.0. The number of rotatable bonds is 5. The molecule has 1 unspecified atom stereocenters. The second kappa shape index (κ2) is 7.85. The molecule has 2 fully saturated rings. The monoisotopic (exact) mass is 478 g/mol. The van der Waals surface area contributed by atoms with Gasteiger partial charge < -0.3 is 4.74 Å². The largest absolute Gasteiger partial charge is 0.489 e. The number of likely N-dealkylation sites (tertiary alicyclic amines) is 1. The van der Waals surface area contributed by atoms with Crippen LogP contribution in [0.1, 0.15) is 42.7 Å². The summed E-state index contributed by atoms with van der Waals surface area (Å²) in [5, 5.41) is 8.79. The molecule has 0 spiro atoms. The van der Waals surface area contributed by atoms with Gasteiger partial charge in [-0.15, -0.1) is 10.2 Å². The summed E-state index contributed by atoms with van der Waals surface area (Å²) in [6, 6.07) is 6.61. The van der Waals surface area contributed by atoms with Gasteiger partial charge in [-0.25, -0.2) is 4.39 Å². The van der Waals surface area contributed by atoms with Crippen LogP contribution in [-0.2, 0) is 6.54 Å². The average Bonchev–Trinajstić information content (AvgIpc) is 3.48. The van der Waals surface area contributed by atoms with Crippen molar-refractivity contribution in [2.24, 2.45) is 0 Å². The number of aromatic nitrogens is 3. The number of nitrogens with zero attached hydrogens (tertiary/aromatic N) is 4. The highest BCUT2D eigenvalue weighted by molar-refractivity contribution is 9.10. The fourth-order valence-electron chi connectivity index (χ4n) is 4.03. The van der Waals surface area contributed by atoms with E-state index < -0.39 is 0 Å². The fraction of sp³-hybridized carbons (Fsp3) is 0.429. The molecule has 1 saturated carbocycles. The van der Waals surface area contributed by atoms with Crippen molar-refractivity contribution < 1.29 is 9.13 Å². The summed E-state index contributed by atoms with van der Waals surface area (Å²) in [4.78, 5) is 2.33. The Morgan fingerprint density at radius 1 is 1.21 bits per heavy atom. The third-order valence-electron chi connectivity index (χ3n) is 5.68. The molecule has 1 aromatic carbocycles. The van der Waals surface area contributed by atoms with Gasteiger partial charge in [-0.2, -0.15) is 0 Å². The van der Waals surface area contributed by atoms with Crippen LogP contribution >= 0.6 is 27.5 Å². The maximum absolute atomic E-state index is 13.3. The van der Waals surface area contributed by atoms with Crippen molar-refractivity contribution in [2.75, 3.05) is 13.1 Å². The molecule has 1 atom stereocenters. The average molecular weight is 480 g/mol. The summed E-state index contributed by atoms with van der Waals surface area (Å²) in [5.41, 5.74) is 2.96. The Labute approximate surface area is 181 Å². The Hall–Kier alpha value is -1.70. The van der Waals surface area contributed by atoms with Crippen LogP contribution in [0.2, 0.25) is 5.02 Å². The van der Waals surface area contributed by atoms with E-state index in [0.29, 0.717) is 22.2 Å². The van der Waals surface area contributed by atoms with Crippen LogP contribution in [0.25, 0.3) is 5.65 Å². The SMILES string of the molecule is Fc1ccc(CN2CCCC(Oc3cc4nnc(Br)n4cc3C3CC3)C2)c(Cl)c1. The zero-order valence-corrected chi connectivity index (χ0v) is 18.2. The lowest BCUT2D eigenvalue weighted by molar-refractivity contribution is 0.0836. The number of fused-ring (bicyclic) bond motifs is 1. The van der Waals surface area contributed by atoms with Crippen molar-refractivity contribution in [1.82, 2.24) is 19.5 Å². The molecule has 0 N–H and O–H groups in total. The van der Waals surface area contributed by atoms with E-state index in [-0.39, 0.29) is 11.9 Å². The van der Waals surface area contributed by atoms with Gasteiger partial charge in [0.15, 0.2) is 5.65 Å². The van der Waals surface area contributed by atoms with Crippen molar-refractivity contribution in [3.8, 4) is 5.75 Å². The van der Waals surface area contributed by atoms with Gasteiger partial charge in [0, 0.05) is 35.9 Å². The summed E-state index contributed by atoms with van der Waals surface area (Å²) in [5.74, 6) is 1.18. The van der Waals surface area contributed by atoms with Gasteiger partial charge in [-0.05, 0) is 71.8 Å². The van der Waals surface area contributed by atoms with Gasteiger partial charge in [0.25, 0.3) is 0 Å². The molecule has 0 amide bonds. The summed E-state index contributed by atoms with van der Waals surface area (Å²) in [6.45, 7) is 2.50. The molecule has 3 aromatic rings. The number of hydrogen-bond donors (Lipinski definition) is 0. The van der Waals surface area contributed by atoms with E-state index >= 15 is 0 Å². The first kappa shape index (κ1) is 19.3. The molecule has 1 saturated heterocycles. The standard InChI is InChI=1S/C21H21BrClFN4O/c22-21-26-25-20-9-19(17(12-28(20)21)13-3-4-13)29-16-2-1-7-27(11-16)10-14-5-6-15(24)8-18(14)23/h5-6,8-9,12-13,16H,1-4,7,10-11H2. The molecule has 1 aliphatic heterocycles. The van der Waals surface area contributed by atoms with E-state index in [9.17, 15) is 4.39 Å². The number of piperidine rings is 1. The number of benzene rings is 1. The Kier molecular flexibility index (Phi) is 5.22. The Balaban J connectivity index is 1.33. The zero-order valence-electron chi connectivity index (χ0n) is 15.8. The molecule has 1 aliphatic carbocycles. The van der Waals surface area contributed by atoms with E-state index in [2.05, 4.69) is 37.2 Å². The van der Waals surface area contributed by atoms with Crippen LogP contribution in [-0.4, -0.2) is 38.7 Å². The van der Waals surface area contributed by atoms with Gasteiger partial charge in [0.05, 0.1) is 0 Å². The van der Waals surface area contributed by atoms with Crippen LogP contribution in [0.15, 0.2) is 35.2 Å². The predicted octanol–water partition coefficient (Wildman–Crippen LogP) is 5.21. The molecule has 152 valence electrons. The molecular weight excluding hydrogens is 459 g/mol. The molecule has 2 aromatic heterocycles. The van der Waals surface area contributed by atoms with Crippen molar-refractivity contribution in [1.29, 1.82) is 0 Å². The molecular formula is C21H21BrClFN4O. The Bertz CT molecular complexity index is 1050. The second-order valence-corrected chi connectivity index (χ2v) is 9.03. The first-order valence-corrected chi connectivity index (χ1v) is 11.1. The summed E-state index contributed by atoms with van der Waals surface area (Å²) in [7, 11) is 0. The van der Waals surface area contributed by atoms with E-state index in [1.54, 1.807) is 6.07 Å².